The fraction of sp³-hybridized carbons (Fsp3) is 0.263. The minimum Gasteiger partial charge on any atom is -0.365 e. The molecule has 1 fully saturated rings. The van der Waals surface area contributed by atoms with Crippen LogP contribution in [0.2, 0.25) is 0 Å². The minimum absolute atomic E-state index is 0.0742. The van der Waals surface area contributed by atoms with Crippen molar-refractivity contribution >= 4 is 11.8 Å². The first kappa shape index (κ1) is 19.8. The van der Waals surface area contributed by atoms with Gasteiger partial charge in [0, 0.05) is 5.56 Å². The van der Waals surface area contributed by atoms with Gasteiger partial charge in [0.15, 0.2) is 5.78 Å². The van der Waals surface area contributed by atoms with Crippen molar-refractivity contribution in [1.29, 1.82) is 0 Å². The summed E-state index contributed by atoms with van der Waals surface area (Å²) in [6.45, 7) is 0. The van der Waals surface area contributed by atoms with Gasteiger partial charge in [0.1, 0.15) is 5.92 Å². The van der Waals surface area contributed by atoms with Crippen molar-refractivity contribution in [1.82, 2.24) is 10.6 Å². The topological polar surface area (TPSA) is 78.4 Å². The molecule has 0 aromatic heterocycles. The predicted molar refractivity (Wildman–Crippen MR) is 91.0 cm³/mol. The standard InChI is InChI=1S/C19H16F4N2O3/c20-16(21)18(22,23)19(28)13(15(26)12-9-5-2-6-10-12)14(24-17(27)25-19)11-7-3-1-4-8-11/h1-10,13-14,16,28H,(H2,24,25,27)/t13-,14+,19+/m1/s1. The Morgan fingerprint density at radius 2 is 1.57 bits per heavy atom. The van der Waals surface area contributed by atoms with Crippen LogP contribution in [-0.2, 0) is 0 Å². The molecule has 0 bridgehead atoms. The number of carbonyl (C=O) groups excluding carboxylic acids is 2. The molecule has 3 atom stereocenters. The first-order chi connectivity index (χ1) is 13.2. The molecule has 1 aliphatic heterocycles. The molecule has 0 aliphatic carbocycles. The summed E-state index contributed by atoms with van der Waals surface area (Å²) in [6, 6.07) is 11.9. The van der Waals surface area contributed by atoms with E-state index < -0.39 is 41.8 Å². The molecule has 2 amide bonds. The van der Waals surface area contributed by atoms with Gasteiger partial charge >= 0.3 is 18.4 Å². The van der Waals surface area contributed by atoms with Gasteiger partial charge in [-0.05, 0) is 5.56 Å². The van der Waals surface area contributed by atoms with Crippen LogP contribution in [0.25, 0.3) is 0 Å². The Bertz CT molecular complexity index is 864. The zero-order valence-electron chi connectivity index (χ0n) is 14.3. The van der Waals surface area contributed by atoms with Gasteiger partial charge in [-0.3, -0.25) is 4.79 Å². The summed E-state index contributed by atoms with van der Waals surface area (Å²) in [5.41, 5.74) is -3.68. The molecule has 28 heavy (non-hydrogen) atoms. The van der Waals surface area contributed by atoms with E-state index >= 15 is 0 Å². The second-order valence-electron chi connectivity index (χ2n) is 6.38. The molecule has 1 aliphatic rings. The highest BCUT2D eigenvalue weighted by Crippen LogP contribution is 2.45. The van der Waals surface area contributed by atoms with Crippen molar-refractivity contribution in [3.63, 3.8) is 0 Å². The van der Waals surface area contributed by atoms with Gasteiger partial charge in [0.2, 0.25) is 5.72 Å². The van der Waals surface area contributed by atoms with Crippen LogP contribution in [0.5, 0.6) is 0 Å². The van der Waals surface area contributed by atoms with Gasteiger partial charge in [-0.2, -0.15) is 8.78 Å². The molecule has 3 N–H and O–H groups in total. The van der Waals surface area contributed by atoms with E-state index in [1.165, 1.54) is 53.8 Å². The molecule has 0 saturated carbocycles. The van der Waals surface area contributed by atoms with Crippen molar-refractivity contribution in [3.8, 4) is 0 Å². The lowest BCUT2D eigenvalue weighted by Gasteiger charge is -2.47. The summed E-state index contributed by atoms with van der Waals surface area (Å²) in [4.78, 5) is 25.0. The second kappa shape index (κ2) is 7.23. The van der Waals surface area contributed by atoms with E-state index in [1.807, 2.05) is 0 Å². The first-order valence-electron chi connectivity index (χ1n) is 8.29. The van der Waals surface area contributed by atoms with E-state index in [0.717, 1.165) is 0 Å². The number of rotatable bonds is 5. The van der Waals surface area contributed by atoms with Crippen LogP contribution in [0.15, 0.2) is 60.7 Å². The Balaban J connectivity index is 2.19. The summed E-state index contributed by atoms with van der Waals surface area (Å²) < 4.78 is 55.1. The third-order valence-electron chi connectivity index (χ3n) is 4.66. The number of nitrogens with one attached hydrogen (secondary N) is 2. The van der Waals surface area contributed by atoms with Crippen LogP contribution in [0.4, 0.5) is 22.4 Å². The number of Topliss-reactive ketones (excluding diaryl/α,β-unsaturated/α-hetero) is 1. The van der Waals surface area contributed by atoms with Crippen LogP contribution in [0.1, 0.15) is 22.0 Å². The van der Waals surface area contributed by atoms with E-state index in [-0.39, 0.29) is 11.1 Å². The predicted octanol–water partition coefficient (Wildman–Crippen LogP) is 3.13. The normalized spacial score (nSPS) is 25.1. The average molecular weight is 396 g/mol. The van der Waals surface area contributed by atoms with E-state index in [2.05, 4.69) is 5.32 Å². The van der Waals surface area contributed by atoms with Crippen LogP contribution >= 0.6 is 0 Å². The number of amides is 2. The second-order valence-corrected chi connectivity index (χ2v) is 6.38. The Morgan fingerprint density at radius 3 is 2.11 bits per heavy atom. The third-order valence-corrected chi connectivity index (χ3v) is 4.66. The summed E-state index contributed by atoms with van der Waals surface area (Å²) in [5.74, 6) is -8.24. The molecule has 3 rings (SSSR count). The smallest absolute Gasteiger partial charge is 0.354 e. The van der Waals surface area contributed by atoms with Crippen LogP contribution in [-0.4, -0.2) is 35.0 Å². The number of hydrogen-bond donors (Lipinski definition) is 3. The molecule has 9 heteroatoms. The Kier molecular flexibility index (Phi) is 5.12. The molecular weight excluding hydrogens is 380 g/mol. The molecule has 0 radical (unpaired) electrons. The van der Waals surface area contributed by atoms with E-state index in [9.17, 15) is 32.3 Å². The van der Waals surface area contributed by atoms with Crippen molar-refractivity contribution in [3.05, 3.63) is 71.8 Å². The fourth-order valence-corrected chi connectivity index (χ4v) is 3.27. The number of carbonyl (C=O) groups is 2. The van der Waals surface area contributed by atoms with Gasteiger partial charge in [0.05, 0.1) is 6.04 Å². The summed E-state index contributed by atoms with van der Waals surface area (Å²) in [5, 5.41) is 14.4. The van der Waals surface area contributed by atoms with Gasteiger partial charge in [0.25, 0.3) is 0 Å². The molecule has 1 heterocycles. The van der Waals surface area contributed by atoms with Crippen molar-refractivity contribution in [2.75, 3.05) is 0 Å². The molecule has 5 nitrogen and oxygen atoms in total. The molecule has 0 spiro atoms. The van der Waals surface area contributed by atoms with Gasteiger partial charge < -0.3 is 15.7 Å². The maximum atomic E-state index is 14.4. The van der Waals surface area contributed by atoms with Crippen molar-refractivity contribution in [2.24, 2.45) is 5.92 Å². The summed E-state index contributed by atoms with van der Waals surface area (Å²) >= 11 is 0. The Hall–Kier alpha value is -2.94. The Morgan fingerprint density at radius 1 is 1.04 bits per heavy atom. The van der Waals surface area contributed by atoms with Crippen LogP contribution in [0, 0.1) is 5.92 Å². The number of aliphatic hydroxyl groups is 1. The van der Waals surface area contributed by atoms with E-state index in [1.54, 1.807) is 12.1 Å². The number of ketones is 1. The minimum atomic E-state index is -5.09. The van der Waals surface area contributed by atoms with Crippen LogP contribution in [0.3, 0.4) is 0 Å². The zero-order chi connectivity index (χ0) is 20.5. The van der Waals surface area contributed by atoms with Crippen LogP contribution < -0.4 is 10.6 Å². The fourth-order valence-electron chi connectivity index (χ4n) is 3.27. The van der Waals surface area contributed by atoms with Crippen molar-refractivity contribution < 1.29 is 32.3 Å². The van der Waals surface area contributed by atoms with Gasteiger partial charge in [-0.1, -0.05) is 60.7 Å². The number of benzene rings is 2. The monoisotopic (exact) mass is 396 g/mol. The zero-order valence-corrected chi connectivity index (χ0v) is 14.3. The maximum Gasteiger partial charge on any atom is 0.354 e. The number of alkyl halides is 4. The lowest BCUT2D eigenvalue weighted by molar-refractivity contribution is -0.269. The molecule has 148 valence electrons. The lowest BCUT2D eigenvalue weighted by atomic mass is 9.75. The molecule has 1 saturated heterocycles. The largest absolute Gasteiger partial charge is 0.365 e. The summed E-state index contributed by atoms with van der Waals surface area (Å²) in [7, 11) is 0. The third kappa shape index (κ3) is 3.22. The molecular formula is C19H16F4N2O3. The molecule has 0 unspecified atom stereocenters. The highest BCUT2D eigenvalue weighted by atomic mass is 19.3. The highest BCUT2D eigenvalue weighted by Gasteiger charge is 2.69. The Labute approximate surface area is 157 Å². The first-order valence-corrected chi connectivity index (χ1v) is 8.29. The lowest BCUT2D eigenvalue weighted by Crippen LogP contribution is -2.75. The van der Waals surface area contributed by atoms with Gasteiger partial charge in [-0.15, -0.1) is 0 Å². The number of hydrogen-bond acceptors (Lipinski definition) is 3. The molecule has 2 aromatic carbocycles. The van der Waals surface area contributed by atoms with Gasteiger partial charge in [-0.25, -0.2) is 13.6 Å². The van der Waals surface area contributed by atoms with E-state index in [0.29, 0.717) is 0 Å². The maximum absolute atomic E-state index is 14.4. The highest BCUT2D eigenvalue weighted by molar-refractivity contribution is 6.00. The quantitative estimate of drug-likeness (QED) is 0.537. The van der Waals surface area contributed by atoms with Crippen molar-refractivity contribution in [2.45, 2.75) is 24.1 Å². The number of urea groups is 1. The molecule has 2 aromatic rings. The average Bonchev–Trinajstić information content (AvgIpc) is 2.68. The summed E-state index contributed by atoms with van der Waals surface area (Å²) in [6.07, 6.45) is -4.32. The van der Waals surface area contributed by atoms with E-state index in [4.69, 9.17) is 0 Å². The SMILES string of the molecule is O=C1N[C@@H](c2ccccc2)[C@H](C(=O)c2ccccc2)[C@](O)(C(F)(F)C(F)F)N1. The number of halogens is 4.